The number of anilines is 1. The summed E-state index contributed by atoms with van der Waals surface area (Å²) in [7, 11) is 0. The highest BCUT2D eigenvalue weighted by molar-refractivity contribution is 5.94. The van der Waals surface area contributed by atoms with Crippen molar-refractivity contribution in [2.45, 2.75) is 19.4 Å². The second-order valence-corrected chi connectivity index (χ2v) is 3.40. The fourth-order valence-corrected chi connectivity index (χ4v) is 1.33. The molecule has 0 aromatic heterocycles. The first-order valence-corrected chi connectivity index (χ1v) is 4.99. The summed E-state index contributed by atoms with van der Waals surface area (Å²) in [5.74, 6) is -1.83. The molecule has 88 valence electrons. The lowest BCUT2D eigenvalue weighted by Gasteiger charge is -2.17. The molecule has 0 aliphatic rings. The van der Waals surface area contributed by atoms with Gasteiger partial charge in [0.05, 0.1) is 17.9 Å². The Hall–Kier alpha value is -1.62. The molecule has 0 saturated carbocycles. The molecule has 0 amide bonds. The summed E-state index contributed by atoms with van der Waals surface area (Å²) in [6.07, 6.45) is 0.573. The van der Waals surface area contributed by atoms with Crippen LogP contribution in [-0.2, 0) is 0 Å². The number of hydrogen-bond acceptors (Lipinski definition) is 3. The third kappa shape index (κ3) is 2.70. The average Bonchev–Trinajstić information content (AvgIpc) is 2.27. The topological polar surface area (TPSA) is 69.6 Å². The lowest BCUT2D eigenvalue weighted by molar-refractivity contribution is 0.0697. The third-order valence-corrected chi connectivity index (χ3v) is 2.31. The minimum absolute atomic E-state index is 0.0732. The van der Waals surface area contributed by atoms with Crippen LogP contribution in [0.3, 0.4) is 0 Å². The molecular weight excluding hydrogens is 213 g/mol. The van der Waals surface area contributed by atoms with Crippen molar-refractivity contribution in [1.82, 2.24) is 0 Å². The van der Waals surface area contributed by atoms with E-state index >= 15 is 0 Å². The largest absolute Gasteiger partial charge is 0.478 e. The van der Waals surface area contributed by atoms with Crippen molar-refractivity contribution in [3.8, 4) is 0 Å². The Balaban J connectivity index is 3.05. The zero-order chi connectivity index (χ0) is 12.1. The molecule has 0 bridgehead atoms. The Bertz CT molecular complexity index is 377. The summed E-state index contributed by atoms with van der Waals surface area (Å²) in [4.78, 5) is 10.9. The lowest BCUT2D eigenvalue weighted by atomic mass is 10.1. The molecule has 3 N–H and O–H groups in total. The molecule has 0 fully saturated rings. The van der Waals surface area contributed by atoms with Gasteiger partial charge in [-0.3, -0.25) is 0 Å². The fourth-order valence-electron chi connectivity index (χ4n) is 1.33. The average molecular weight is 227 g/mol. The number of benzene rings is 1. The molecule has 1 rings (SSSR count). The van der Waals surface area contributed by atoms with Crippen LogP contribution in [0.5, 0.6) is 0 Å². The van der Waals surface area contributed by atoms with Gasteiger partial charge in [0.1, 0.15) is 5.82 Å². The van der Waals surface area contributed by atoms with Gasteiger partial charge in [0.2, 0.25) is 0 Å². The summed E-state index contributed by atoms with van der Waals surface area (Å²) < 4.78 is 13.4. The molecule has 5 heteroatoms. The second kappa shape index (κ2) is 5.46. The molecule has 1 atom stereocenters. The summed E-state index contributed by atoms with van der Waals surface area (Å²) in [5, 5.41) is 20.5. The van der Waals surface area contributed by atoms with Crippen LogP contribution in [0.4, 0.5) is 10.1 Å². The van der Waals surface area contributed by atoms with Crippen molar-refractivity contribution >= 4 is 11.7 Å². The van der Waals surface area contributed by atoms with Gasteiger partial charge in [-0.1, -0.05) is 13.0 Å². The first-order chi connectivity index (χ1) is 7.60. The maximum absolute atomic E-state index is 13.4. The van der Waals surface area contributed by atoms with E-state index in [1.54, 1.807) is 0 Å². The highest BCUT2D eigenvalue weighted by atomic mass is 19.1. The smallest absolute Gasteiger partial charge is 0.337 e. The van der Waals surface area contributed by atoms with Crippen LogP contribution in [0.15, 0.2) is 18.2 Å². The highest BCUT2D eigenvalue weighted by Crippen LogP contribution is 2.21. The summed E-state index contributed by atoms with van der Waals surface area (Å²) in [6, 6.07) is 3.48. The zero-order valence-corrected chi connectivity index (χ0v) is 8.90. The van der Waals surface area contributed by atoms with Gasteiger partial charge in [-0.15, -0.1) is 0 Å². The fraction of sp³-hybridized carbons (Fsp3) is 0.364. The maximum atomic E-state index is 13.4. The SMILES string of the molecule is CCC(CO)Nc1c(F)cccc1C(=O)O. The number of carbonyl (C=O) groups is 1. The molecule has 1 aromatic carbocycles. The van der Waals surface area contributed by atoms with Crippen LogP contribution in [-0.4, -0.2) is 28.8 Å². The Morgan fingerprint density at radius 3 is 2.75 bits per heavy atom. The van der Waals surface area contributed by atoms with E-state index in [1.807, 2.05) is 6.92 Å². The van der Waals surface area contributed by atoms with Gasteiger partial charge in [-0.2, -0.15) is 0 Å². The maximum Gasteiger partial charge on any atom is 0.337 e. The van der Waals surface area contributed by atoms with Gasteiger partial charge < -0.3 is 15.5 Å². The minimum atomic E-state index is -1.20. The first kappa shape index (κ1) is 12.4. The Labute approximate surface area is 92.7 Å². The van der Waals surface area contributed by atoms with E-state index in [0.29, 0.717) is 6.42 Å². The van der Waals surface area contributed by atoms with E-state index < -0.39 is 11.8 Å². The van der Waals surface area contributed by atoms with Gasteiger partial charge in [0, 0.05) is 6.04 Å². The molecule has 1 unspecified atom stereocenters. The summed E-state index contributed by atoms with van der Waals surface area (Å²) >= 11 is 0. The number of para-hydroxylation sites is 1. The molecule has 0 radical (unpaired) electrons. The van der Waals surface area contributed by atoms with Crippen molar-refractivity contribution in [2.24, 2.45) is 0 Å². The molecule has 0 saturated heterocycles. The quantitative estimate of drug-likeness (QED) is 0.716. The van der Waals surface area contributed by atoms with Crippen LogP contribution in [0.2, 0.25) is 0 Å². The normalized spacial score (nSPS) is 12.2. The zero-order valence-electron chi connectivity index (χ0n) is 8.90. The van der Waals surface area contributed by atoms with Crippen LogP contribution in [0, 0.1) is 5.82 Å². The van der Waals surface area contributed by atoms with E-state index in [-0.39, 0.29) is 23.9 Å². The van der Waals surface area contributed by atoms with Crippen LogP contribution < -0.4 is 5.32 Å². The highest BCUT2D eigenvalue weighted by Gasteiger charge is 2.16. The van der Waals surface area contributed by atoms with Crippen molar-refractivity contribution in [3.05, 3.63) is 29.6 Å². The van der Waals surface area contributed by atoms with Crippen LogP contribution in [0.25, 0.3) is 0 Å². The summed E-state index contributed by atoms with van der Waals surface area (Å²) in [6.45, 7) is 1.64. The molecule has 0 aliphatic heterocycles. The van der Waals surface area contributed by atoms with E-state index in [4.69, 9.17) is 10.2 Å². The van der Waals surface area contributed by atoms with Crippen molar-refractivity contribution < 1.29 is 19.4 Å². The first-order valence-electron chi connectivity index (χ1n) is 4.99. The number of nitrogens with one attached hydrogen (secondary N) is 1. The minimum Gasteiger partial charge on any atom is -0.478 e. The van der Waals surface area contributed by atoms with E-state index in [9.17, 15) is 9.18 Å². The predicted molar refractivity (Wildman–Crippen MR) is 58.1 cm³/mol. The molecule has 16 heavy (non-hydrogen) atoms. The molecular formula is C11H14FNO3. The number of aliphatic hydroxyl groups excluding tert-OH is 1. The van der Waals surface area contributed by atoms with E-state index in [2.05, 4.69) is 5.32 Å². The number of hydrogen-bond donors (Lipinski definition) is 3. The lowest BCUT2D eigenvalue weighted by Crippen LogP contribution is -2.24. The molecule has 0 aliphatic carbocycles. The summed E-state index contributed by atoms with van der Waals surface area (Å²) in [5.41, 5.74) is -0.206. The van der Waals surface area contributed by atoms with Crippen molar-refractivity contribution in [2.75, 3.05) is 11.9 Å². The van der Waals surface area contributed by atoms with Crippen LogP contribution in [0.1, 0.15) is 23.7 Å². The Morgan fingerprint density at radius 2 is 2.25 bits per heavy atom. The van der Waals surface area contributed by atoms with Gasteiger partial charge in [0.25, 0.3) is 0 Å². The standard InChI is InChI=1S/C11H14FNO3/c1-2-7(6-14)13-10-8(11(15)16)4-3-5-9(10)12/h3-5,7,13-14H,2,6H2,1H3,(H,15,16). The van der Waals surface area contributed by atoms with E-state index in [0.717, 1.165) is 0 Å². The molecule has 1 aromatic rings. The predicted octanol–water partition coefficient (Wildman–Crippen LogP) is 1.71. The number of aliphatic hydroxyl groups is 1. The Morgan fingerprint density at radius 1 is 1.56 bits per heavy atom. The molecule has 4 nitrogen and oxygen atoms in total. The number of aromatic carboxylic acids is 1. The van der Waals surface area contributed by atoms with Crippen molar-refractivity contribution in [1.29, 1.82) is 0 Å². The van der Waals surface area contributed by atoms with Gasteiger partial charge in [-0.05, 0) is 18.6 Å². The third-order valence-electron chi connectivity index (χ3n) is 2.31. The van der Waals surface area contributed by atoms with Crippen molar-refractivity contribution in [3.63, 3.8) is 0 Å². The number of carboxylic acid groups (broad SMARTS) is 1. The van der Waals surface area contributed by atoms with Gasteiger partial charge >= 0.3 is 5.97 Å². The Kier molecular flexibility index (Phi) is 4.25. The molecule has 0 spiro atoms. The van der Waals surface area contributed by atoms with Gasteiger partial charge in [0.15, 0.2) is 0 Å². The second-order valence-electron chi connectivity index (χ2n) is 3.40. The van der Waals surface area contributed by atoms with Gasteiger partial charge in [-0.25, -0.2) is 9.18 Å². The monoisotopic (exact) mass is 227 g/mol. The van der Waals surface area contributed by atoms with E-state index in [1.165, 1.54) is 18.2 Å². The number of carboxylic acids is 1. The van der Waals surface area contributed by atoms with Crippen LogP contribution >= 0.6 is 0 Å². The molecule has 0 heterocycles. The number of rotatable bonds is 5. The number of halogens is 1.